The van der Waals surface area contributed by atoms with Gasteiger partial charge in [0.15, 0.2) is 0 Å². The monoisotopic (exact) mass is 342 g/mol. The smallest absolute Gasteiger partial charge is 0.150 e. The number of aliphatic hydroxyl groups excluding tert-OH is 4. The summed E-state index contributed by atoms with van der Waals surface area (Å²) >= 11 is 0. The van der Waals surface area contributed by atoms with Gasteiger partial charge in [-0.3, -0.25) is 14.6 Å². The minimum atomic E-state index is -1.41. The van der Waals surface area contributed by atoms with Gasteiger partial charge in [0.1, 0.15) is 24.1 Å². The van der Waals surface area contributed by atoms with Crippen LogP contribution in [0.3, 0.4) is 0 Å². The molecule has 5 atom stereocenters. The molecule has 4 rings (SSSR count). The predicted octanol–water partition coefficient (Wildman–Crippen LogP) is -1.22. The topological polar surface area (TPSA) is 104 Å². The molecule has 4 aliphatic heterocycles. The molecule has 2 unspecified atom stereocenters. The highest BCUT2D eigenvalue weighted by Gasteiger charge is 2.64. The lowest BCUT2D eigenvalue weighted by atomic mass is 9.59. The Kier molecular flexibility index (Phi) is 4.79. The average molecular weight is 342 g/mol. The largest absolute Gasteiger partial charge is 0.394 e. The second-order valence-electron chi connectivity index (χ2n) is 8.23. The standard InChI is InChI=1S/C17H30N2O5/c1-3-4-5-17-9-18-7-16(2,15(17)24)8-19(10-17)14(18)13(23)12(22)11(21)6-20/h11-14,20-23H,3-10H2,1-2H3/t11-,12-,13+,14?,16?,17?/m1/s1. The van der Waals surface area contributed by atoms with Crippen molar-refractivity contribution in [2.24, 2.45) is 10.8 Å². The van der Waals surface area contributed by atoms with Crippen LogP contribution in [-0.4, -0.2) is 93.3 Å². The van der Waals surface area contributed by atoms with E-state index in [1.54, 1.807) is 0 Å². The van der Waals surface area contributed by atoms with Crippen molar-refractivity contribution in [3.8, 4) is 0 Å². The summed E-state index contributed by atoms with van der Waals surface area (Å²) in [5.41, 5.74) is -0.807. The van der Waals surface area contributed by atoms with E-state index >= 15 is 0 Å². The zero-order valence-corrected chi connectivity index (χ0v) is 14.6. The quantitative estimate of drug-likeness (QED) is 0.460. The molecule has 0 aliphatic carbocycles. The summed E-state index contributed by atoms with van der Waals surface area (Å²) in [4.78, 5) is 17.2. The Morgan fingerprint density at radius 1 is 1.17 bits per heavy atom. The third kappa shape index (κ3) is 2.62. The molecule has 0 aromatic heterocycles. The van der Waals surface area contributed by atoms with E-state index in [0.29, 0.717) is 32.0 Å². The van der Waals surface area contributed by atoms with Gasteiger partial charge in [-0.2, -0.15) is 0 Å². The highest BCUT2D eigenvalue weighted by molar-refractivity contribution is 5.93. The number of carbonyl (C=O) groups excluding carboxylic acids is 1. The van der Waals surface area contributed by atoms with Gasteiger partial charge in [-0.1, -0.05) is 26.7 Å². The fourth-order valence-electron chi connectivity index (χ4n) is 5.15. The fraction of sp³-hybridized carbons (Fsp3) is 0.941. The van der Waals surface area contributed by atoms with E-state index in [4.69, 9.17) is 5.11 Å². The Morgan fingerprint density at radius 2 is 1.75 bits per heavy atom. The van der Waals surface area contributed by atoms with E-state index < -0.39 is 36.5 Å². The summed E-state index contributed by atoms with van der Waals surface area (Å²) in [5.74, 6) is 0.347. The van der Waals surface area contributed by atoms with Gasteiger partial charge in [-0.05, 0) is 6.42 Å². The average Bonchev–Trinajstić information content (AvgIpc) is 2.55. The Bertz CT molecular complexity index is 483. The van der Waals surface area contributed by atoms with Gasteiger partial charge >= 0.3 is 0 Å². The lowest BCUT2D eigenvalue weighted by molar-refractivity contribution is -0.229. The van der Waals surface area contributed by atoms with E-state index in [1.165, 1.54) is 0 Å². The molecular weight excluding hydrogens is 312 g/mol. The van der Waals surface area contributed by atoms with Crippen LogP contribution in [0.2, 0.25) is 0 Å². The molecule has 4 heterocycles. The van der Waals surface area contributed by atoms with Crippen molar-refractivity contribution in [3.05, 3.63) is 0 Å². The lowest BCUT2D eigenvalue weighted by Gasteiger charge is -2.66. The maximum atomic E-state index is 13.0. The molecule has 4 aliphatic rings. The maximum Gasteiger partial charge on any atom is 0.150 e. The number of hydrogen-bond acceptors (Lipinski definition) is 7. The van der Waals surface area contributed by atoms with Crippen LogP contribution in [0.15, 0.2) is 0 Å². The van der Waals surface area contributed by atoms with Gasteiger partial charge in [0.25, 0.3) is 0 Å². The van der Waals surface area contributed by atoms with Gasteiger partial charge in [0.05, 0.1) is 23.6 Å². The molecule has 7 nitrogen and oxygen atoms in total. The second kappa shape index (κ2) is 6.30. The van der Waals surface area contributed by atoms with Crippen LogP contribution in [0.5, 0.6) is 0 Å². The Morgan fingerprint density at radius 3 is 2.25 bits per heavy atom. The molecule has 7 heteroatoms. The number of hydrogen-bond donors (Lipinski definition) is 4. The summed E-state index contributed by atoms with van der Waals surface area (Å²) < 4.78 is 0. The van der Waals surface area contributed by atoms with Crippen LogP contribution >= 0.6 is 0 Å². The molecular formula is C17H30N2O5. The molecule has 4 bridgehead atoms. The summed E-state index contributed by atoms with van der Waals surface area (Å²) in [6, 6.07) is 0. The molecule has 0 radical (unpaired) electrons. The summed E-state index contributed by atoms with van der Waals surface area (Å²) in [6.07, 6.45) is -1.48. The van der Waals surface area contributed by atoms with Gasteiger partial charge < -0.3 is 20.4 Å². The van der Waals surface area contributed by atoms with Crippen LogP contribution in [0, 0.1) is 10.8 Å². The normalized spacial score (nSPS) is 44.6. The number of rotatable bonds is 7. The first-order chi connectivity index (χ1) is 11.3. The number of Topliss-reactive ketones (excluding diaryl/α,β-unsaturated/α-hetero) is 1. The Labute approximate surface area is 142 Å². The molecule has 0 aromatic carbocycles. The maximum absolute atomic E-state index is 13.0. The van der Waals surface area contributed by atoms with Gasteiger partial charge in [-0.15, -0.1) is 0 Å². The molecule has 0 saturated carbocycles. The van der Waals surface area contributed by atoms with Gasteiger partial charge in [0, 0.05) is 26.2 Å². The predicted molar refractivity (Wildman–Crippen MR) is 87.1 cm³/mol. The first-order valence-corrected chi connectivity index (χ1v) is 8.96. The van der Waals surface area contributed by atoms with E-state index in [9.17, 15) is 20.1 Å². The first kappa shape index (κ1) is 18.2. The number of aliphatic hydroxyl groups is 4. The molecule has 0 aromatic rings. The van der Waals surface area contributed by atoms with Crippen molar-refractivity contribution in [1.82, 2.24) is 9.80 Å². The summed E-state index contributed by atoms with van der Waals surface area (Å²) in [5, 5.41) is 39.4. The summed E-state index contributed by atoms with van der Waals surface area (Å²) in [7, 11) is 0. The fourth-order valence-corrected chi connectivity index (χ4v) is 5.15. The van der Waals surface area contributed by atoms with E-state index in [1.807, 2.05) is 6.92 Å². The zero-order chi connectivity index (χ0) is 17.7. The van der Waals surface area contributed by atoms with Crippen molar-refractivity contribution >= 4 is 5.78 Å². The van der Waals surface area contributed by atoms with E-state index in [0.717, 1.165) is 19.3 Å². The Balaban J connectivity index is 1.84. The molecule has 24 heavy (non-hydrogen) atoms. The molecule has 0 amide bonds. The SMILES string of the molecule is CCCCC12CN3CC(C)(CN(C1)C3[C@@H](O)[C@H](O)[C@H](O)CO)C2=O. The number of piperidine rings is 2. The van der Waals surface area contributed by atoms with Crippen LogP contribution in [0.25, 0.3) is 0 Å². The van der Waals surface area contributed by atoms with Crippen molar-refractivity contribution in [2.75, 3.05) is 32.8 Å². The highest BCUT2D eigenvalue weighted by Crippen LogP contribution is 2.51. The van der Waals surface area contributed by atoms with E-state index in [-0.39, 0.29) is 5.41 Å². The lowest BCUT2D eigenvalue weighted by Crippen LogP contribution is -2.81. The van der Waals surface area contributed by atoms with Crippen molar-refractivity contribution < 1.29 is 25.2 Å². The molecule has 4 fully saturated rings. The zero-order valence-electron chi connectivity index (χ0n) is 14.6. The minimum absolute atomic E-state index is 0.347. The Hall–Kier alpha value is -0.570. The number of carbonyl (C=O) groups is 1. The van der Waals surface area contributed by atoms with Crippen molar-refractivity contribution in [3.63, 3.8) is 0 Å². The number of ketones is 1. The van der Waals surface area contributed by atoms with Crippen LogP contribution in [0.1, 0.15) is 33.1 Å². The van der Waals surface area contributed by atoms with Gasteiger partial charge in [0.2, 0.25) is 0 Å². The third-order valence-electron chi connectivity index (χ3n) is 6.14. The van der Waals surface area contributed by atoms with Crippen LogP contribution in [0.4, 0.5) is 0 Å². The molecule has 138 valence electrons. The number of nitrogens with zero attached hydrogens (tertiary/aromatic N) is 2. The second-order valence-corrected chi connectivity index (χ2v) is 8.23. The van der Waals surface area contributed by atoms with Crippen molar-refractivity contribution in [1.29, 1.82) is 0 Å². The number of unbranched alkanes of at least 4 members (excludes halogenated alkanes) is 1. The third-order valence-corrected chi connectivity index (χ3v) is 6.14. The summed E-state index contributed by atoms with van der Waals surface area (Å²) in [6.45, 7) is 5.85. The first-order valence-electron chi connectivity index (χ1n) is 8.96. The highest BCUT2D eigenvalue weighted by atomic mass is 16.4. The van der Waals surface area contributed by atoms with Crippen LogP contribution < -0.4 is 0 Å². The molecule has 4 N–H and O–H groups in total. The van der Waals surface area contributed by atoms with Gasteiger partial charge in [-0.25, -0.2) is 0 Å². The van der Waals surface area contributed by atoms with Crippen molar-refractivity contribution in [2.45, 2.75) is 57.6 Å². The molecule has 0 spiro atoms. The minimum Gasteiger partial charge on any atom is -0.394 e. The molecule has 4 saturated heterocycles. The van der Waals surface area contributed by atoms with E-state index in [2.05, 4.69) is 16.7 Å². The van der Waals surface area contributed by atoms with Crippen LogP contribution in [-0.2, 0) is 4.79 Å².